The molecule has 5 heteroatoms. The maximum Gasteiger partial charge on any atom is 0.0994 e. The first-order valence-electron chi connectivity index (χ1n) is 5.28. The van der Waals surface area contributed by atoms with Gasteiger partial charge in [0.1, 0.15) is 0 Å². The summed E-state index contributed by atoms with van der Waals surface area (Å²) in [7, 11) is 0. The number of benzene rings is 1. The Labute approximate surface area is 108 Å². The number of aliphatic hydroxyl groups excluding tert-OH is 1. The van der Waals surface area contributed by atoms with Gasteiger partial charge >= 0.3 is 0 Å². The van der Waals surface area contributed by atoms with E-state index in [0.717, 1.165) is 21.4 Å². The van der Waals surface area contributed by atoms with Gasteiger partial charge in [-0.05, 0) is 30.7 Å². The SMILES string of the molecule is Cc1cc(-n2cncc2C(N)CO)ccc1Br. The van der Waals surface area contributed by atoms with Gasteiger partial charge in [-0.1, -0.05) is 15.9 Å². The average molecular weight is 296 g/mol. The quantitative estimate of drug-likeness (QED) is 0.909. The van der Waals surface area contributed by atoms with Crippen LogP contribution in [0.5, 0.6) is 0 Å². The van der Waals surface area contributed by atoms with E-state index < -0.39 is 6.04 Å². The summed E-state index contributed by atoms with van der Waals surface area (Å²) in [5.41, 5.74) is 8.75. The maximum atomic E-state index is 9.10. The van der Waals surface area contributed by atoms with Crippen molar-refractivity contribution in [2.75, 3.05) is 6.61 Å². The molecule has 1 aromatic heterocycles. The zero-order valence-corrected chi connectivity index (χ0v) is 11.1. The van der Waals surface area contributed by atoms with Crippen LogP contribution in [0.2, 0.25) is 0 Å². The maximum absolute atomic E-state index is 9.10. The van der Waals surface area contributed by atoms with E-state index in [-0.39, 0.29) is 6.61 Å². The minimum Gasteiger partial charge on any atom is -0.394 e. The van der Waals surface area contributed by atoms with Crippen LogP contribution in [-0.4, -0.2) is 21.3 Å². The van der Waals surface area contributed by atoms with E-state index in [1.807, 2.05) is 29.7 Å². The predicted molar refractivity (Wildman–Crippen MR) is 70.0 cm³/mol. The molecular weight excluding hydrogens is 282 g/mol. The summed E-state index contributed by atoms with van der Waals surface area (Å²) in [6, 6.07) is 5.59. The van der Waals surface area contributed by atoms with Crippen LogP contribution in [0.25, 0.3) is 5.69 Å². The number of nitrogens with two attached hydrogens (primary N) is 1. The van der Waals surface area contributed by atoms with Crippen molar-refractivity contribution in [1.82, 2.24) is 9.55 Å². The van der Waals surface area contributed by atoms with Crippen LogP contribution in [0.3, 0.4) is 0 Å². The molecule has 0 saturated carbocycles. The van der Waals surface area contributed by atoms with Gasteiger partial charge in [-0.25, -0.2) is 4.98 Å². The Balaban J connectivity index is 2.46. The molecule has 0 aliphatic heterocycles. The number of imidazole rings is 1. The molecular formula is C12H14BrN3O. The standard InChI is InChI=1S/C12H14BrN3O/c1-8-4-9(2-3-10(8)13)16-7-15-5-12(16)11(14)6-17/h2-5,7,11,17H,6,14H2,1H3. The third kappa shape index (κ3) is 2.41. The van der Waals surface area contributed by atoms with Crippen molar-refractivity contribution in [3.05, 3.63) is 46.5 Å². The summed E-state index contributed by atoms with van der Waals surface area (Å²) in [5.74, 6) is 0. The summed E-state index contributed by atoms with van der Waals surface area (Å²) >= 11 is 3.46. The number of hydrogen-bond acceptors (Lipinski definition) is 3. The van der Waals surface area contributed by atoms with Gasteiger partial charge in [0, 0.05) is 10.2 Å². The van der Waals surface area contributed by atoms with Crippen molar-refractivity contribution in [3.8, 4) is 5.69 Å². The number of hydrogen-bond donors (Lipinski definition) is 2. The zero-order valence-electron chi connectivity index (χ0n) is 9.47. The van der Waals surface area contributed by atoms with E-state index in [4.69, 9.17) is 10.8 Å². The summed E-state index contributed by atoms with van der Waals surface area (Å²) in [5, 5.41) is 9.10. The number of aromatic nitrogens is 2. The second-order valence-electron chi connectivity index (χ2n) is 3.91. The molecule has 1 atom stereocenters. The van der Waals surface area contributed by atoms with Crippen molar-refractivity contribution in [2.45, 2.75) is 13.0 Å². The van der Waals surface area contributed by atoms with E-state index in [0.29, 0.717) is 0 Å². The lowest BCUT2D eigenvalue weighted by Crippen LogP contribution is -2.18. The van der Waals surface area contributed by atoms with Crippen LogP contribution in [0.15, 0.2) is 35.2 Å². The van der Waals surface area contributed by atoms with Gasteiger partial charge in [-0.2, -0.15) is 0 Å². The number of aliphatic hydroxyl groups is 1. The molecule has 1 unspecified atom stereocenters. The van der Waals surface area contributed by atoms with Crippen molar-refractivity contribution in [1.29, 1.82) is 0 Å². The second-order valence-corrected chi connectivity index (χ2v) is 4.77. The lowest BCUT2D eigenvalue weighted by atomic mass is 10.2. The lowest BCUT2D eigenvalue weighted by Gasteiger charge is -2.13. The van der Waals surface area contributed by atoms with Crippen LogP contribution in [0.1, 0.15) is 17.3 Å². The van der Waals surface area contributed by atoms with Gasteiger partial charge in [-0.15, -0.1) is 0 Å². The van der Waals surface area contributed by atoms with Crippen molar-refractivity contribution in [2.24, 2.45) is 5.73 Å². The molecule has 2 rings (SSSR count). The molecule has 3 N–H and O–H groups in total. The molecule has 1 heterocycles. The second kappa shape index (κ2) is 5.00. The molecule has 0 aliphatic rings. The Morgan fingerprint density at radius 3 is 2.94 bits per heavy atom. The minimum absolute atomic E-state index is 0.0960. The highest BCUT2D eigenvalue weighted by Crippen LogP contribution is 2.22. The Bertz CT molecular complexity index is 524. The first-order chi connectivity index (χ1) is 8.13. The van der Waals surface area contributed by atoms with Gasteiger partial charge in [0.2, 0.25) is 0 Å². The van der Waals surface area contributed by atoms with Crippen LogP contribution in [0.4, 0.5) is 0 Å². The highest BCUT2D eigenvalue weighted by Gasteiger charge is 2.11. The molecule has 0 amide bonds. The molecule has 17 heavy (non-hydrogen) atoms. The molecule has 0 radical (unpaired) electrons. The zero-order chi connectivity index (χ0) is 12.4. The summed E-state index contributed by atoms with van der Waals surface area (Å²) in [6.07, 6.45) is 3.38. The highest BCUT2D eigenvalue weighted by atomic mass is 79.9. The van der Waals surface area contributed by atoms with Gasteiger partial charge in [0.25, 0.3) is 0 Å². The van der Waals surface area contributed by atoms with E-state index in [9.17, 15) is 0 Å². The van der Waals surface area contributed by atoms with Gasteiger partial charge < -0.3 is 15.4 Å². The lowest BCUT2D eigenvalue weighted by molar-refractivity contribution is 0.265. The molecule has 90 valence electrons. The van der Waals surface area contributed by atoms with Crippen LogP contribution in [0, 0.1) is 6.92 Å². The molecule has 0 saturated heterocycles. The van der Waals surface area contributed by atoms with E-state index in [1.165, 1.54) is 0 Å². The molecule has 0 bridgehead atoms. The van der Waals surface area contributed by atoms with Crippen LogP contribution in [-0.2, 0) is 0 Å². The third-order valence-corrected chi connectivity index (χ3v) is 3.55. The van der Waals surface area contributed by atoms with Gasteiger partial charge in [0.15, 0.2) is 0 Å². The average Bonchev–Trinajstić information content (AvgIpc) is 2.80. The Morgan fingerprint density at radius 1 is 1.53 bits per heavy atom. The monoisotopic (exact) mass is 295 g/mol. The van der Waals surface area contributed by atoms with E-state index >= 15 is 0 Å². The first-order valence-corrected chi connectivity index (χ1v) is 6.08. The molecule has 2 aromatic rings. The van der Waals surface area contributed by atoms with E-state index in [2.05, 4.69) is 20.9 Å². The molecule has 0 fully saturated rings. The number of nitrogens with zero attached hydrogens (tertiary/aromatic N) is 2. The predicted octanol–water partition coefficient (Wildman–Crippen LogP) is 1.94. The van der Waals surface area contributed by atoms with Crippen molar-refractivity contribution >= 4 is 15.9 Å². The Hall–Kier alpha value is -1.17. The normalized spacial score (nSPS) is 12.7. The third-order valence-electron chi connectivity index (χ3n) is 2.66. The van der Waals surface area contributed by atoms with Crippen molar-refractivity contribution in [3.63, 3.8) is 0 Å². The fraction of sp³-hybridized carbons (Fsp3) is 0.250. The molecule has 0 spiro atoms. The summed E-state index contributed by atoms with van der Waals surface area (Å²) in [4.78, 5) is 4.08. The number of rotatable bonds is 3. The fourth-order valence-electron chi connectivity index (χ4n) is 1.67. The van der Waals surface area contributed by atoms with Crippen molar-refractivity contribution < 1.29 is 5.11 Å². The summed E-state index contributed by atoms with van der Waals surface area (Å²) < 4.78 is 2.95. The van der Waals surface area contributed by atoms with Crippen LogP contribution >= 0.6 is 15.9 Å². The fourth-order valence-corrected chi connectivity index (χ4v) is 1.91. The smallest absolute Gasteiger partial charge is 0.0994 e. The largest absolute Gasteiger partial charge is 0.394 e. The summed E-state index contributed by atoms with van der Waals surface area (Å²) in [6.45, 7) is 1.93. The first kappa shape index (κ1) is 12.3. The topological polar surface area (TPSA) is 64.1 Å². The van der Waals surface area contributed by atoms with E-state index in [1.54, 1.807) is 12.5 Å². The van der Waals surface area contributed by atoms with Gasteiger partial charge in [0.05, 0.1) is 30.9 Å². The molecule has 1 aromatic carbocycles. The minimum atomic E-state index is -0.415. The Kier molecular flexibility index (Phi) is 3.61. The molecule has 4 nitrogen and oxygen atoms in total. The highest BCUT2D eigenvalue weighted by molar-refractivity contribution is 9.10. The Morgan fingerprint density at radius 2 is 2.29 bits per heavy atom. The number of halogens is 1. The van der Waals surface area contributed by atoms with Crippen LogP contribution < -0.4 is 5.73 Å². The molecule has 0 aliphatic carbocycles. The number of aryl methyl sites for hydroxylation is 1. The van der Waals surface area contributed by atoms with Gasteiger partial charge in [-0.3, -0.25) is 0 Å².